The van der Waals surface area contributed by atoms with E-state index in [2.05, 4.69) is 0 Å². The van der Waals surface area contributed by atoms with Gasteiger partial charge < -0.3 is 20.5 Å². The number of benzene rings is 1. The molecule has 0 fully saturated rings. The van der Waals surface area contributed by atoms with Gasteiger partial charge in [-0.2, -0.15) is 0 Å². The molecule has 18 heavy (non-hydrogen) atoms. The highest BCUT2D eigenvalue weighted by atomic mass is 16.5. The first-order valence-electron chi connectivity index (χ1n) is 5.98. The molecule has 0 saturated carbocycles. The van der Waals surface area contributed by atoms with Crippen LogP contribution in [0.25, 0.3) is 0 Å². The second kappa shape index (κ2) is 6.86. The molecule has 0 heterocycles. The lowest BCUT2D eigenvalue weighted by molar-refractivity contribution is 0.0786. The Bertz CT molecular complexity index is 407. The first kappa shape index (κ1) is 14.3. The van der Waals surface area contributed by atoms with Crippen LogP contribution in [0.2, 0.25) is 0 Å². The molecule has 0 unspecified atom stereocenters. The molecule has 0 aromatic heterocycles. The fourth-order valence-corrected chi connectivity index (χ4v) is 1.60. The van der Waals surface area contributed by atoms with Gasteiger partial charge in [-0.05, 0) is 31.5 Å². The number of rotatable bonds is 6. The lowest BCUT2D eigenvalue weighted by Crippen LogP contribution is -2.28. The first-order chi connectivity index (χ1) is 8.60. The molecule has 0 aliphatic carbocycles. The van der Waals surface area contributed by atoms with Crippen LogP contribution in [0.1, 0.15) is 23.7 Å². The zero-order valence-electron chi connectivity index (χ0n) is 10.8. The molecule has 0 bridgehead atoms. The molecule has 3 N–H and O–H groups in total. The van der Waals surface area contributed by atoms with Crippen molar-refractivity contribution < 1.29 is 14.6 Å². The van der Waals surface area contributed by atoms with Crippen molar-refractivity contribution in [2.45, 2.75) is 13.3 Å². The summed E-state index contributed by atoms with van der Waals surface area (Å²) < 4.78 is 5.31. The Labute approximate surface area is 107 Å². The molecule has 1 rings (SSSR count). The maximum atomic E-state index is 12.0. The number of aliphatic hydroxyl groups is 1. The third-order valence-corrected chi connectivity index (χ3v) is 2.55. The van der Waals surface area contributed by atoms with Crippen molar-refractivity contribution in [3.05, 3.63) is 23.8 Å². The number of nitrogens with two attached hydrogens (primary N) is 1. The number of nitrogens with zero attached hydrogens (tertiary/aromatic N) is 1. The Hall–Kier alpha value is -1.75. The molecule has 0 radical (unpaired) electrons. The molecule has 0 saturated heterocycles. The molecule has 1 aromatic rings. The van der Waals surface area contributed by atoms with Crippen LogP contribution in [-0.2, 0) is 0 Å². The van der Waals surface area contributed by atoms with Crippen molar-refractivity contribution in [1.29, 1.82) is 0 Å². The van der Waals surface area contributed by atoms with E-state index in [1.165, 1.54) is 0 Å². The topological polar surface area (TPSA) is 75.8 Å². The Morgan fingerprint density at radius 1 is 1.50 bits per heavy atom. The van der Waals surface area contributed by atoms with Crippen LogP contribution in [0.5, 0.6) is 5.75 Å². The third-order valence-electron chi connectivity index (χ3n) is 2.55. The predicted molar refractivity (Wildman–Crippen MR) is 70.7 cm³/mol. The third kappa shape index (κ3) is 3.63. The number of anilines is 1. The molecule has 0 aliphatic heterocycles. The average molecular weight is 252 g/mol. The van der Waals surface area contributed by atoms with Gasteiger partial charge in [-0.1, -0.05) is 0 Å². The Morgan fingerprint density at radius 3 is 2.78 bits per heavy atom. The van der Waals surface area contributed by atoms with Crippen LogP contribution >= 0.6 is 0 Å². The van der Waals surface area contributed by atoms with Crippen LogP contribution in [0.3, 0.4) is 0 Å². The number of amides is 1. The van der Waals surface area contributed by atoms with Gasteiger partial charge >= 0.3 is 0 Å². The maximum Gasteiger partial charge on any atom is 0.253 e. The number of hydrogen-bond donors (Lipinski definition) is 2. The van der Waals surface area contributed by atoms with Gasteiger partial charge in [-0.3, -0.25) is 4.79 Å². The van der Waals surface area contributed by atoms with Gasteiger partial charge in [-0.25, -0.2) is 0 Å². The van der Waals surface area contributed by atoms with E-state index in [0.717, 1.165) is 0 Å². The summed E-state index contributed by atoms with van der Waals surface area (Å²) in [6.07, 6.45) is 0.564. The summed E-state index contributed by atoms with van der Waals surface area (Å²) in [6.45, 7) is 3.00. The zero-order valence-corrected chi connectivity index (χ0v) is 10.8. The van der Waals surface area contributed by atoms with Gasteiger partial charge in [-0.15, -0.1) is 0 Å². The van der Waals surface area contributed by atoms with Crippen LogP contribution < -0.4 is 10.5 Å². The number of carbonyl (C=O) groups excluding carboxylic acids is 1. The normalized spacial score (nSPS) is 10.2. The molecule has 1 amide bonds. The quantitative estimate of drug-likeness (QED) is 0.744. The molecule has 100 valence electrons. The van der Waals surface area contributed by atoms with Gasteiger partial charge in [0, 0.05) is 25.8 Å². The van der Waals surface area contributed by atoms with Crippen molar-refractivity contribution in [3.8, 4) is 5.75 Å². The van der Waals surface area contributed by atoms with E-state index in [1.54, 1.807) is 30.1 Å². The average Bonchev–Trinajstić information content (AvgIpc) is 2.37. The molecular weight excluding hydrogens is 232 g/mol. The molecule has 5 heteroatoms. The Kier molecular flexibility index (Phi) is 5.45. The highest BCUT2D eigenvalue weighted by Gasteiger charge is 2.12. The van der Waals surface area contributed by atoms with Gasteiger partial charge in [0.15, 0.2) is 0 Å². The summed E-state index contributed by atoms with van der Waals surface area (Å²) in [7, 11) is 1.70. The summed E-state index contributed by atoms with van der Waals surface area (Å²) >= 11 is 0. The SMILES string of the molecule is CCOc1ccc(C(=O)N(C)CCCO)cc1N. The van der Waals surface area contributed by atoms with Crippen LogP contribution in [-0.4, -0.2) is 42.7 Å². The van der Waals surface area contributed by atoms with Crippen molar-refractivity contribution in [2.75, 3.05) is 32.5 Å². The number of aliphatic hydroxyl groups excluding tert-OH is 1. The fraction of sp³-hybridized carbons (Fsp3) is 0.462. The standard InChI is InChI=1S/C13H20N2O3/c1-3-18-12-6-5-10(9-11(12)14)13(17)15(2)7-4-8-16/h5-6,9,16H,3-4,7-8,14H2,1-2H3. The molecule has 0 spiro atoms. The van der Waals surface area contributed by atoms with E-state index in [-0.39, 0.29) is 12.5 Å². The van der Waals surface area contributed by atoms with Gasteiger partial charge in [0.25, 0.3) is 5.91 Å². The maximum absolute atomic E-state index is 12.0. The minimum atomic E-state index is -0.113. The highest BCUT2D eigenvalue weighted by molar-refractivity contribution is 5.95. The van der Waals surface area contributed by atoms with E-state index in [4.69, 9.17) is 15.6 Å². The predicted octanol–water partition coefficient (Wildman–Crippen LogP) is 1.12. The van der Waals surface area contributed by atoms with Crippen molar-refractivity contribution in [1.82, 2.24) is 4.90 Å². The monoisotopic (exact) mass is 252 g/mol. The summed E-state index contributed by atoms with van der Waals surface area (Å²) in [4.78, 5) is 13.6. The van der Waals surface area contributed by atoms with Crippen molar-refractivity contribution in [3.63, 3.8) is 0 Å². The minimum Gasteiger partial charge on any atom is -0.492 e. The molecule has 0 atom stereocenters. The van der Waals surface area contributed by atoms with Gasteiger partial charge in [0.2, 0.25) is 0 Å². The second-order valence-corrected chi connectivity index (χ2v) is 3.99. The first-order valence-corrected chi connectivity index (χ1v) is 5.98. The fourth-order valence-electron chi connectivity index (χ4n) is 1.60. The number of carbonyl (C=O) groups is 1. The molecule has 5 nitrogen and oxygen atoms in total. The molecule has 0 aliphatic rings. The smallest absolute Gasteiger partial charge is 0.253 e. The summed E-state index contributed by atoms with van der Waals surface area (Å²) in [5.41, 5.74) is 6.79. The summed E-state index contributed by atoms with van der Waals surface area (Å²) in [5.74, 6) is 0.477. The zero-order chi connectivity index (χ0) is 13.5. The van der Waals surface area contributed by atoms with Gasteiger partial charge in [0.05, 0.1) is 12.3 Å². The van der Waals surface area contributed by atoms with E-state index >= 15 is 0 Å². The van der Waals surface area contributed by atoms with Crippen molar-refractivity contribution in [2.24, 2.45) is 0 Å². The lowest BCUT2D eigenvalue weighted by atomic mass is 10.1. The lowest BCUT2D eigenvalue weighted by Gasteiger charge is -2.17. The molecule has 1 aromatic carbocycles. The number of ether oxygens (including phenoxy) is 1. The number of nitrogen functional groups attached to an aromatic ring is 1. The number of hydrogen-bond acceptors (Lipinski definition) is 4. The second-order valence-electron chi connectivity index (χ2n) is 3.99. The van der Waals surface area contributed by atoms with Crippen LogP contribution in [0.15, 0.2) is 18.2 Å². The Morgan fingerprint density at radius 2 is 2.22 bits per heavy atom. The van der Waals surface area contributed by atoms with Crippen LogP contribution in [0.4, 0.5) is 5.69 Å². The molecular formula is C13H20N2O3. The largest absolute Gasteiger partial charge is 0.492 e. The highest BCUT2D eigenvalue weighted by Crippen LogP contribution is 2.23. The van der Waals surface area contributed by atoms with E-state index in [9.17, 15) is 4.79 Å². The van der Waals surface area contributed by atoms with E-state index < -0.39 is 0 Å². The van der Waals surface area contributed by atoms with Gasteiger partial charge in [0.1, 0.15) is 5.75 Å². The van der Waals surface area contributed by atoms with E-state index in [1.807, 2.05) is 6.92 Å². The summed E-state index contributed by atoms with van der Waals surface area (Å²) in [5, 5.41) is 8.73. The van der Waals surface area contributed by atoms with Crippen LogP contribution in [0, 0.1) is 0 Å². The van der Waals surface area contributed by atoms with E-state index in [0.29, 0.717) is 36.6 Å². The minimum absolute atomic E-state index is 0.0725. The van der Waals surface area contributed by atoms with Crippen molar-refractivity contribution >= 4 is 11.6 Å². The Balaban J connectivity index is 2.77. The summed E-state index contributed by atoms with van der Waals surface area (Å²) in [6, 6.07) is 5.01.